The van der Waals surface area contributed by atoms with Gasteiger partial charge in [-0.15, -0.1) is 0 Å². The van der Waals surface area contributed by atoms with Gasteiger partial charge in [-0.05, 0) is 43.5 Å². The van der Waals surface area contributed by atoms with Gasteiger partial charge in [-0.3, -0.25) is 4.31 Å². The Hall–Kier alpha value is -2.72. The summed E-state index contributed by atoms with van der Waals surface area (Å²) in [6, 6.07) is 12.4. The standard InChI is InChI=1S/C21H22N2O4S/c1-13-4-6-14(7-5-13)28(24,25)23-18-9-8-15(18)17(12-22)16-10-20(26-2)21(27-3)11-19(16)23/h4-7,10-11,15,17-18H,8-9H2,1-3H3. The van der Waals surface area contributed by atoms with E-state index < -0.39 is 10.0 Å². The van der Waals surface area contributed by atoms with Crippen LogP contribution in [0.4, 0.5) is 5.69 Å². The first-order valence-electron chi connectivity index (χ1n) is 9.19. The fourth-order valence-corrected chi connectivity index (χ4v) is 5.96. The lowest BCUT2D eigenvalue weighted by atomic mass is 9.67. The monoisotopic (exact) mass is 398 g/mol. The predicted octanol–water partition coefficient (Wildman–Crippen LogP) is 3.61. The molecule has 0 bridgehead atoms. The fourth-order valence-electron chi connectivity index (χ4n) is 4.22. The average Bonchev–Trinajstić information content (AvgIpc) is 2.67. The fraction of sp³-hybridized carbons (Fsp3) is 0.381. The highest BCUT2D eigenvalue weighted by atomic mass is 32.2. The van der Waals surface area contributed by atoms with Gasteiger partial charge >= 0.3 is 0 Å². The van der Waals surface area contributed by atoms with E-state index >= 15 is 0 Å². The molecule has 2 aromatic carbocycles. The smallest absolute Gasteiger partial charge is 0.264 e. The molecule has 0 amide bonds. The summed E-state index contributed by atoms with van der Waals surface area (Å²) in [5.41, 5.74) is 2.18. The van der Waals surface area contributed by atoms with Crippen LogP contribution in [0.1, 0.15) is 29.9 Å². The maximum Gasteiger partial charge on any atom is 0.264 e. The predicted molar refractivity (Wildman–Crippen MR) is 105 cm³/mol. The van der Waals surface area contributed by atoms with Crippen molar-refractivity contribution in [1.82, 2.24) is 0 Å². The first-order chi connectivity index (χ1) is 13.4. The van der Waals surface area contributed by atoms with Crippen LogP contribution in [0.5, 0.6) is 11.5 Å². The molecule has 3 unspecified atom stereocenters. The van der Waals surface area contributed by atoms with Gasteiger partial charge in [0.15, 0.2) is 11.5 Å². The van der Waals surface area contributed by atoms with Crippen molar-refractivity contribution in [3.8, 4) is 17.6 Å². The molecule has 1 aliphatic heterocycles. The van der Waals surface area contributed by atoms with Crippen molar-refractivity contribution >= 4 is 15.7 Å². The van der Waals surface area contributed by atoms with Crippen LogP contribution in [0.2, 0.25) is 0 Å². The molecule has 0 N–H and O–H groups in total. The Bertz CT molecular complexity index is 1060. The molecule has 1 fully saturated rings. The summed E-state index contributed by atoms with van der Waals surface area (Å²) < 4.78 is 39.4. The Balaban J connectivity index is 1.93. The molecule has 0 radical (unpaired) electrons. The summed E-state index contributed by atoms with van der Waals surface area (Å²) in [6.07, 6.45) is 1.57. The van der Waals surface area contributed by atoms with Crippen molar-refractivity contribution in [1.29, 1.82) is 5.26 Å². The number of ether oxygens (including phenoxy) is 2. The van der Waals surface area contributed by atoms with E-state index in [4.69, 9.17) is 9.47 Å². The number of rotatable bonds is 4. The maximum atomic E-state index is 13.6. The first-order valence-corrected chi connectivity index (χ1v) is 10.6. The van der Waals surface area contributed by atoms with Gasteiger partial charge in [-0.1, -0.05) is 17.7 Å². The minimum Gasteiger partial charge on any atom is -0.493 e. The van der Waals surface area contributed by atoms with Gasteiger partial charge in [0.05, 0.1) is 36.8 Å². The number of benzene rings is 2. The topological polar surface area (TPSA) is 79.6 Å². The second-order valence-electron chi connectivity index (χ2n) is 7.30. The molecule has 4 rings (SSSR count). The molecule has 146 valence electrons. The van der Waals surface area contributed by atoms with Crippen molar-refractivity contribution in [2.45, 2.75) is 36.6 Å². The van der Waals surface area contributed by atoms with Crippen LogP contribution in [0, 0.1) is 24.2 Å². The first kappa shape index (κ1) is 18.6. The quantitative estimate of drug-likeness (QED) is 0.786. The zero-order valence-electron chi connectivity index (χ0n) is 16.0. The maximum absolute atomic E-state index is 13.6. The van der Waals surface area contributed by atoms with Gasteiger partial charge in [0.25, 0.3) is 10.0 Å². The van der Waals surface area contributed by atoms with Gasteiger partial charge in [0.2, 0.25) is 0 Å². The molecular formula is C21H22N2O4S. The van der Waals surface area contributed by atoms with Crippen molar-refractivity contribution < 1.29 is 17.9 Å². The number of nitriles is 1. The van der Waals surface area contributed by atoms with Crippen LogP contribution in [0.15, 0.2) is 41.3 Å². The lowest BCUT2D eigenvalue weighted by molar-refractivity contribution is 0.228. The van der Waals surface area contributed by atoms with Crippen LogP contribution < -0.4 is 13.8 Å². The molecule has 0 spiro atoms. The molecule has 6 nitrogen and oxygen atoms in total. The van der Waals surface area contributed by atoms with Crippen LogP contribution >= 0.6 is 0 Å². The Morgan fingerprint density at radius 1 is 1.07 bits per heavy atom. The number of methoxy groups -OCH3 is 2. The van der Waals surface area contributed by atoms with Crippen molar-refractivity contribution in [2.75, 3.05) is 18.5 Å². The summed E-state index contributed by atoms with van der Waals surface area (Å²) >= 11 is 0. The van der Waals surface area contributed by atoms with Crippen LogP contribution in [0.25, 0.3) is 0 Å². The summed E-state index contributed by atoms with van der Waals surface area (Å²) in [6.45, 7) is 1.92. The van der Waals surface area contributed by atoms with E-state index in [9.17, 15) is 13.7 Å². The third-order valence-electron chi connectivity index (χ3n) is 5.84. The molecule has 2 aromatic rings. The average molecular weight is 398 g/mol. The third kappa shape index (κ3) is 2.63. The molecular weight excluding hydrogens is 376 g/mol. The lowest BCUT2D eigenvalue weighted by Gasteiger charge is -2.51. The minimum absolute atomic E-state index is 0.0178. The van der Waals surface area contributed by atoms with Crippen molar-refractivity contribution in [3.63, 3.8) is 0 Å². The molecule has 0 aromatic heterocycles. The van der Waals surface area contributed by atoms with E-state index in [2.05, 4.69) is 6.07 Å². The Morgan fingerprint density at radius 3 is 2.25 bits per heavy atom. The number of anilines is 1. The number of aryl methyl sites for hydroxylation is 1. The highest BCUT2D eigenvalue weighted by molar-refractivity contribution is 7.92. The lowest BCUT2D eigenvalue weighted by Crippen LogP contribution is -2.55. The summed E-state index contributed by atoms with van der Waals surface area (Å²) in [5, 5.41) is 9.80. The van der Waals surface area contributed by atoms with E-state index in [1.165, 1.54) is 18.5 Å². The second-order valence-corrected chi connectivity index (χ2v) is 9.11. The molecule has 1 aliphatic carbocycles. The number of sulfonamides is 1. The molecule has 3 atom stereocenters. The normalized spacial score (nSPS) is 23.1. The highest BCUT2D eigenvalue weighted by Crippen LogP contribution is 2.54. The highest BCUT2D eigenvalue weighted by Gasteiger charge is 2.51. The molecule has 1 heterocycles. The number of fused-ring (bicyclic) bond motifs is 2. The zero-order chi connectivity index (χ0) is 20.1. The Morgan fingerprint density at radius 2 is 1.71 bits per heavy atom. The SMILES string of the molecule is COc1cc2c(cc1OC)N(S(=O)(=O)c1ccc(C)cc1)C1CCC1C2C#N. The number of hydrogen-bond donors (Lipinski definition) is 0. The summed E-state index contributed by atoms with van der Waals surface area (Å²) in [4.78, 5) is 0.250. The molecule has 1 saturated carbocycles. The van der Waals surface area contributed by atoms with E-state index in [1.54, 1.807) is 36.4 Å². The van der Waals surface area contributed by atoms with E-state index in [-0.39, 0.29) is 22.8 Å². The summed E-state index contributed by atoms with van der Waals surface area (Å²) in [7, 11) is -0.729. The van der Waals surface area contributed by atoms with Crippen LogP contribution in [-0.2, 0) is 10.0 Å². The third-order valence-corrected chi connectivity index (χ3v) is 7.69. The molecule has 0 saturated heterocycles. The molecule has 7 heteroatoms. The van der Waals surface area contributed by atoms with Crippen molar-refractivity contribution in [2.24, 2.45) is 5.92 Å². The second kappa shape index (κ2) is 6.71. The molecule has 28 heavy (non-hydrogen) atoms. The van der Waals surface area contributed by atoms with E-state index in [0.717, 1.165) is 18.4 Å². The van der Waals surface area contributed by atoms with Gasteiger partial charge in [0, 0.05) is 18.0 Å². The largest absolute Gasteiger partial charge is 0.493 e. The number of hydrogen-bond acceptors (Lipinski definition) is 5. The van der Waals surface area contributed by atoms with Crippen molar-refractivity contribution in [3.05, 3.63) is 47.5 Å². The molecule has 2 aliphatic rings. The van der Waals surface area contributed by atoms with E-state index in [0.29, 0.717) is 22.7 Å². The Kier molecular flexibility index (Phi) is 4.47. The van der Waals surface area contributed by atoms with Gasteiger partial charge in [0.1, 0.15) is 0 Å². The van der Waals surface area contributed by atoms with Gasteiger partial charge in [-0.25, -0.2) is 8.42 Å². The summed E-state index contributed by atoms with van der Waals surface area (Å²) in [5.74, 6) is 0.556. The van der Waals surface area contributed by atoms with Gasteiger partial charge < -0.3 is 9.47 Å². The van der Waals surface area contributed by atoms with Crippen LogP contribution in [-0.4, -0.2) is 28.7 Å². The zero-order valence-corrected chi connectivity index (χ0v) is 16.9. The Labute approximate surface area is 165 Å². The minimum atomic E-state index is -3.77. The van der Waals surface area contributed by atoms with Crippen LogP contribution in [0.3, 0.4) is 0 Å². The van der Waals surface area contributed by atoms with E-state index in [1.807, 2.05) is 6.92 Å². The number of nitrogens with zero attached hydrogens (tertiary/aromatic N) is 2. The van der Waals surface area contributed by atoms with Gasteiger partial charge in [-0.2, -0.15) is 5.26 Å².